The lowest BCUT2D eigenvalue weighted by molar-refractivity contribution is 0.905. The summed E-state index contributed by atoms with van der Waals surface area (Å²) in [7, 11) is 0. The fraction of sp³-hybridized carbons (Fsp3) is 0.182. The quantitative estimate of drug-likeness (QED) is 0.740. The van der Waals surface area contributed by atoms with Gasteiger partial charge in [-0.1, -0.05) is 11.6 Å². The van der Waals surface area contributed by atoms with Gasteiger partial charge in [0.2, 0.25) is 0 Å². The zero-order valence-corrected chi connectivity index (χ0v) is 9.28. The number of hydrogen-bond acceptors (Lipinski definition) is 3. The maximum Gasteiger partial charge on any atom is 0.181 e. The minimum absolute atomic E-state index is 0.634. The molecule has 0 saturated carbocycles. The number of aromatic nitrogens is 3. The predicted molar refractivity (Wildman–Crippen MR) is 59.7 cm³/mol. The highest BCUT2D eigenvalue weighted by atomic mass is 35.5. The summed E-state index contributed by atoms with van der Waals surface area (Å²) >= 11 is 5.80. The second-order valence-corrected chi connectivity index (χ2v) is 3.75. The van der Waals surface area contributed by atoms with E-state index in [-0.39, 0.29) is 0 Å². The Morgan fingerprint density at radius 3 is 2.20 bits per heavy atom. The van der Waals surface area contributed by atoms with Gasteiger partial charge < -0.3 is 0 Å². The Morgan fingerprint density at radius 2 is 1.60 bits per heavy atom. The summed E-state index contributed by atoms with van der Waals surface area (Å²) < 4.78 is 0. The average molecular weight is 220 g/mol. The first kappa shape index (κ1) is 10.1. The Hall–Kier alpha value is -1.48. The molecule has 2 rings (SSSR count). The van der Waals surface area contributed by atoms with Crippen LogP contribution in [0, 0.1) is 13.8 Å². The van der Waals surface area contributed by atoms with E-state index in [0.29, 0.717) is 10.8 Å². The molecule has 0 spiro atoms. The molecule has 0 bridgehead atoms. The third-order valence-corrected chi connectivity index (χ3v) is 2.45. The zero-order chi connectivity index (χ0) is 10.8. The molecule has 0 aliphatic heterocycles. The van der Waals surface area contributed by atoms with Crippen molar-refractivity contribution >= 4 is 11.6 Å². The van der Waals surface area contributed by atoms with Gasteiger partial charge in [0.05, 0.1) is 11.4 Å². The highest BCUT2D eigenvalue weighted by molar-refractivity contribution is 6.30. The van der Waals surface area contributed by atoms with Crippen molar-refractivity contribution in [2.45, 2.75) is 13.8 Å². The number of hydrogen-bond donors (Lipinski definition) is 0. The van der Waals surface area contributed by atoms with Crippen LogP contribution in [-0.4, -0.2) is 15.2 Å². The largest absolute Gasteiger partial charge is 0.230 e. The lowest BCUT2D eigenvalue weighted by atomic mass is 10.2. The Morgan fingerprint density at radius 1 is 0.933 bits per heavy atom. The van der Waals surface area contributed by atoms with Crippen molar-refractivity contribution in [2.75, 3.05) is 0 Å². The molecular formula is C11H10ClN3. The number of rotatable bonds is 1. The molecule has 15 heavy (non-hydrogen) atoms. The van der Waals surface area contributed by atoms with Gasteiger partial charge in [-0.3, -0.25) is 0 Å². The predicted octanol–water partition coefficient (Wildman–Crippen LogP) is 2.81. The van der Waals surface area contributed by atoms with Crippen molar-refractivity contribution in [2.24, 2.45) is 0 Å². The molecule has 0 radical (unpaired) electrons. The Balaban J connectivity index is 2.45. The van der Waals surface area contributed by atoms with E-state index in [2.05, 4.69) is 15.2 Å². The van der Waals surface area contributed by atoms with Crippen LogP contribution in [0.4, 0.5) is 0 Å². The summed E-state index contributed by atoms with van der Waals surface area (Å²) in [5.41, 5.74) is 2.68. The van der Waals surface area contributed by atoms with Crippen molar-refractivity contribution in [1.82, 2.24) is 15.2 Å². The average Bonchev–Trinajstić information content (AvgIpc) is 2.23. The smallest absolute Gasteiger partial charge is 0.181 e. The summed E-state index contributed by atoms with van der Waals surface area (Å²) in [6.07, 6.45) is 0. The Bertz CT molecular complexity index is 480. The lowest BCUT2D eigenvalue weighted by Crippen LogP contribution is -1.98. The molecule has 0 aliphatic carbocycles. The molecule has 0 atom stereocenters. The normalized spacial score (nSPS) is 10.3. The van der Waals surface area contributed by atoms with Gasteiger partial charge in [-0.15, -0.1) is 5.10 Å². The molecule has 4 heteroatoms. The highest BCUT2D eigenvalue weighted by Gasteiger charge is 2.03. The number of benzene rings is 1. The minimum atomic E-state index is 0.634. The van der Waals surface area contributed by atoms with Gasteiger partial charge in [0.1, 0.15) is 0 Å². The maximum atomic E-state index is 5.80. The molecule has 1 aromatic heterocycles. The Labute approximate surface area is 93.1 Å². The molecule has 0 amide bonds. The molecule has 1 heterocycles. The number of aryl methyl sites for hydroxylation is 2. The molecule has 0 unspecified atom stereocenters. The molecule has 0 fully saturated rings. The van der Waals surface area contributed by atoms with Gasteiger partial charge in [-0.2, -0.15) is 5.10 Å². The molecule has 0 N–H and O–H groups in total. The fourth-order valence-corrected chi connectivity index (χ4v) is 1.30. The van der Waals surface area contributed by atoms with Crippen molar-refractivity contribution in [3.8, 4) is 11.4 Å². The summed E-state index contributed by atoms with van der Waals surface area (Å²) in [5.74, 6) is 0.634. The van der Waals surface area contributed by atoms with E-state index in [4.69, 9.17) is 11.6 Å². The summed E-state index contributed by atoms with van der Waals surface area (Å²) in [5, 5.41) is 8.77. The third-order valence-electron chi connectivity index (χ3n) is 2.19. The number of halogens is 1. The summed E-state index contributed by atoms with van der Waals surface area (Å²) in [6, 6.07) is 7.40. The van der Waals surface area contributed by atoms with E-state index in [1.807, 2.05) is 38.1 Å². The summed E-state index contributed by atoms with van der Waals surface area (Å²) in [6.45, 7) is 3.81. The van der Waals surface area contributed by atoms with Crippen LogP contribution >= 0.6 is 11.6 Å². The fourth-order valence-electron chi connectivity index (χ4n) is 1.18. The van der Waals surface area contributed by atoms with E-state index in [1.165, 1.54) is 0 Å². The van der Waals surface area contributed by atoms with Crippen LogP contribution < -0.4 is 0 Å². The molecule has 1 aromatic carbocycles. The van der Waals surface area contributed by atoms with Gasteiger partial charge in [0.15, 0.2) is 5.82 Å². The Kier molecular flexibility index (Phi) is 2.64. The van der Waals surface area contributed by atoms with Crippen molar-refractivity contribution < 1.29 is 0 Å². The topological polar surface area (TPSA) is 38.7 Å². The number of nitrogens with zero attached hydrogens (tertiary/aromatic N) is 3. The third kappa shape index (κ3) is 2.13. The summed E-state index contributed by atoms with van der Waals surface area (Å²) in [4.78, 5) is 4.36. The van der Waals surface area contributed by atoms with E-state index in [9.17, 15) is 0 Å². The second kappa shape index (κ2) is 3.95. The molecule has 0 saturated heterocycles. The van der Waals surface area contributed by atoms with E-state index in [1.54, 1.807) is 0 Å². The van der Waals surface area contributed by atoms with Crippen molar-refractivity contribution in [3.05, 3.63) is 40.7 Å². The molecule has 76 valence electrons. The van der Waals surface area contributed by atoms with Gasteiger partial charge in [0.25, 0.3) is 0 Å². The van der Waals surface area contributed by atoms with E-state index >= 15 is 0 Å². The first-order chi connectivity index (χ1) is 7.16. The van der Waals surface area contributed by atoms with Gasteiger partial charge in [0, 0.05) is 10.6 Å². The molecule has 3 nitrogen and oxygen atoms in total. The van der Waals surface area contributed by atoms with Crippen LogP contribution in [0.25, 0.3) is 11.4 Å². The monoisotopic (exact) mass is 219 g/mol. The zero-order valence-electron chi connectivity index (χ0n) is 8.53. The first-order valence-corrected chi connectivity index (χ1v) is 4.98. The molecule has 2 aromatic rings. The van der Waals surface area contributed by atoms with Gasteiger partial charge >= 0.3 is 0 Å². The van der Waals surface area contributed by atoms with Crippen molar-refractivity contribution in [3.63, 3.8) is 0 Å². The first-order valence-electron chi connectivity index (χ1n) is 4.60. The van der Waals surface area contributed by atoms with Gasteiger partial charge in [-0.05, 0) is 38.1 Å². The van der Waals surface area contributed by atoms with Crippen LogP contribution in [0.15, 0.2) is 24.3 Å². The standard InChI is InChI=1S/C11H10ClN3/c1-7-8(2)14-15-11(13-7)9-3-5-10(12)6-4-9/h3-6H,1-2H3. The SMILES string of the molecule is Cc1nnc(-c2ccc(Cl)cc2)nc1C. The van der Waals surface area contributed by atoms with Gasteiger partial charge in [-0.25, -0.2) is 4.98 Å². The van der Waals surface area contributed by atoms with Crippen molar-refractivity contribution in [1.29, 1.82) is 0 Å². The molecular weight excluding hydrogens is 210 g/mol. The van der Waals surface area contributed by atoms with Crippen LogP contribution in [0.2, 0.25) is 5.02 Å². The molecule has 0 aliphatic rings. The van der Waals surface area contributed by atoms with Crippen LogP contribution in [0.5, 0.6) is 0 Å². The highest BCUT2D eigenvalue weighted by Crippen LogP contribution is 2.17. The maximum absolute atomic E-state index is 5.80. The van der Waals surface area contributed by atoms with E-state index < -0.39 is 0 Å². The van der Waals surface area contributed by atoms with Crippen LogP contribution in [0.1, 0.15) is 11.4 Å². The van der Waals surface area contributed by atoms with Crippen LogP contribution in [-0.2, 0) is 0 Å². The minimum Gasteiger partial charge on any atom is -0.230 e. The van der Waals surface area contributed by atoms with E-state index in [0.717, 1.165) is 17.0 Å². The lowest BCUT2D eigenvalue weighted by Gasteiger charge is -2.01. The van der Waals surface area contributed by atoms with Crippen LogP contribution in [0.3, 0.4) is 0 Å². The second-order valence-electron chi connectivity index (χ2n) is 3.31.